The Morgan fingerprint density at radius 2 is 1.41 bits per heavy atom. The number of nitrogens with zero attached hydrogens (tertiary/aromatic N) is 2. The highest BCUT2D eigenvalue weighted by Crippen LogP contribution is 2.35. The molecule has 1 aliphatic heterocycles. The fourth-order valence-corrected chi connectivity index (χ4v) is 5.24. The molecule has 0 radical (unpaired) electrons. The number of hydrogen-bond donors (Lipinski definition) is 0. The number of hydrogen-bond acceptors (Lipinski definition) is 5. The summed E-state index contributed by atoms with van der Waals surface area (Å²) in [5.74, 6) is -0.397. The van der Waals surface area contributed by atoms with Crippen molar-refractivity contribution in [3.05, 3.63) is 138 Å². The Morgan fingerprint density at radius 1 is 0.682 bits per heavy atom. The first-order chi connectivity index (χ1) is 21.4. The maximum Gasteiger partial charge on any atom is 0.343 e. The summed E-state index contributed by atoms with van der Waals surface area (Å²) in [4.78, 5) is 44.2. The van der Waals surface area contributed by atoms with Crippen LogP contribution in [0.1, 0.15) is 23.6 Å². The zero-order valence-electron chi connectivity index (χ0n) is 24.4. The summed E-state index contributed by atoms with van der Waals surface area (Å²) in [5, 5.41) is 1.58. The third-order valence-corrected chi connectivity index (χ3v) is 7.33. The second kappa shape index (κ2) is 12.3. The SMILES string of the molecule is CCOc1cc(/C=C2\C(=O)N(c3cccc(C)c3)C(=O)N(c3cccc4ccccc34)C2=O)ccc1OCc1ccccc1. The molecule has 5 aromatic rings. The summed E-state index contributed by atoms with van der Waals surface area (Å²) in [7, 11) is 0. The third kappa shape index (κ3) is 5.55. The maximum atomic E-state index is 14.1. The van der Waals surface area contributed by atoms with E-state index >= 15 is 0 Å². The fourth-order valence-electron chi connectivity index (χ4n) is 5.24. The van der Waals surface area contributed by atoms with Crippen LogP contribution in [-0.2, 0) is 16.2 Å². The average molecular weight is 583 g/mol. The van der Waals surface area contributed by atoms with Crippen molar-refractivity contribution in [1.29, 1.82) is 0 Å². The van der Waals surface area contributed by atoms with E-state index in [2.05, 4.69) is 0 Å². The van der Waals surface area contributed by atoms with Crippen LogP contribution < -0.4 is 19.3 Å². The monoisotopic (exact) mass is 582 g/mol. The Kier molecular flexibility index (Phi) is 7.93. The second-order valence-electron chi connectivity index (χ2n) is 10.4. The topological polar surface area (TPSA) is 76.2 Å². The van der Waals surface area contributed by atoms with Crippen LogP contribution in [0.2, 0.25) is 0 Å². The van der Waals surface area contributed by atoms with Crippen molar-refractivity contribution >= 4 is 46.1 Å². The Hall–Kier alpha value is -5.69. The Balaban J connectivity index is 1.43. The van der Waals surface area contributed by atoms with Gasteiger partial charge in [0.15, 0.2) is 11.5 Å². The smallest absolute Gasteiger partial charge is 0.343 e. The van der Waals surface area contributed by atoms with E-state index in [0.717, 1.165) is 26.3 Å². The molecule has 0 aliphatic carbocycles. The number of fused-ring (bicyclic) bond motifs is 1. The molecule has 4 amide bonds. The van der Waals surface area contributed by atoms with E-state index in [1.807, 2.05) is 80.6 Å². The number of benzene rings is 5. The minimum atomic E-state index is -0.737. The number of barbiturate groups is 1. The van der Waals surface area contributed by atoms with Gasteiger partial charge in [0.1, 0.15) is 12.2 Å². The number of aryl methyl sites for hydroxylation is 1. The van der Waals surface area contributed by atoms with Crippen LogP contribution in [0, 0.1) is 6.92 Å². The normalized spacial score (nSPS) is 14.4. The number of carbonyl (C=O) groups is 3. The van der Waals surface area contributed by atoms with Gasteiger partial charge < -0.3 is 9.47 Å². The molecular formula is C37H30N2O5. The molecule has 7 heteroatoms. The number of urea groups is 1. The number of anilines is 2. The van der Waals surface area contributed by atoms with Gasteiger partial charge in [-0.3, -0.25) is 9.59 Å². The molecule has 7 nitrogen and oxygen atoms in total. The predicted molar refractivity (Wildman–Crippen MR) is 172 cm³/mol. The summed E-state index contributed by atoms with van der Waals surface area (Å²) in [6.45, 7) is 4.49. The van der Waals surface area contributed by atoms with Gasteiger partial charge in [0.2, 0.25) is 0 Å². The van der Waals surface area contributed by atoms with Crippen molar-refractivity contribution in [1.82, 2.24) is 0 Å². The molecule has 0 bridgehead atoms. The van der Waals surface area contributed by atoms with E-state index in [9.17, 15) is 14.4 Å². The summed E-state index contributed by atoms with van der Waals surface area (Å²) in [6, 6.07) is 34.3. The minimum Gasteiger partial charge on any atom is -0.490 e. The Bertz CT molecular complexity index is 1910. The Morgan fingerprint density at radius 3 is 2.20 bits per heavy atom. The van der Waals surface area contributed by atoms with Crippen LogP contribution >= 0.6 is 0 Å². The largest absolute Gasteiger partial charge is 0.490 e. The van der Waals surface area contributed by atoms with Crippen LogP contribution in [0.15, 0.2) is 121 Å². The molecule has 218 valence electrons. The molecule has 0 spiro atoms. The molecule has 5 aromatic carbocycles. The van der Waals surface area contributed by atoms with E-state index in [4.69, 9.17) is 9.47 Å². The van der Waals surface area contributed by atoms with Gasteiger partial charge in [-0.25, -0.2) is 14.6 Å². The predicted octanol–water partition coefficient (Wildman–Crippen LogP) is 7.71. The third-order valence-electron chi connectivity index (χ3n) is 7.33. The lowest BCUT2D eigenvalue weighted by molar-refractivity contribution is -0.121. The van der Waals surface area contributed by atoms with E-state index < -0.39 is 17.8 Å². The summed E-state index contributed by atoms with van der Waals surface area (Å²) >= 11 is 0. The summed E-state index contributed by atoms with van der Waals surface area (Å²) in [5.41, 5.74) is 3.05. The number of imide groups is 2. The zero-order chi connectivity index (χ0) is 30.6. The quantitative estimate of drug-likeness (QED) is 0.138. The highest BCUT2D eigenvalue weighted by Gasteiger charge is 2.44. The van der Waals surface area contributed by atoms with Gasteiger partial charge >= 0.3 is 6.03 Å². The first kappa shape index (κ1) is 28.4. The molecule has 0 aromatic heterocycles. The van der Waals surface area contributed by atoms with E-state index in [1.54, 1.807) is 48.5 Å². The van der Waals surface area contributed by atoms with E-state index in [-0.39, 0.29) is 5.57 Å². The van der Waals surface area contributed by atoms with Gasteiger partial charge in [-0.15, -0.1) is 0 Å². The van der Waals surface area contributed by atoms with Crippen LogP contribution in [-0.4, -0.2) is 24.5 Å². The number of ether oxygens (including phenoxy) is 2. The lowest BCUT2D eigenvalue weighted by Gasteiger charge is -2.34. The molecule has 44 heavy (non-hydrogen) atoms. The van der Waals surface area contributed by atoms with Gasteiger partial charge in [-0.1, -0.05) is 84.9 Å². The van der Waals surface area contributed by atoms with Crippen molar-refractivity contribution in [2.45, 2.75) is 20.5 Å². The van der Waals surface area contributed by atoms with E-state index in [1.165, 1.54) is 6.08 Å². The van der Waals surface area contributed by atoms with E-state index in [0.29, 0.717) is 47.0 Å². The van der Waals surface area contributed by atoms with Crippen LogP contribution in [0.25, 0.3) is 16.8 Å². The molecular weight excluding hydrogens is 552 g/mol. The lowest BCUT2D eigenvalue weighted by Crippen LogP contribution is -2.57. The van der Waals surface area contributed by atoms with Gasteiger partial charge in [-0.2, -0.15) is 0 Å². The molecule has 1 saturated heterocycles. The van der Waals surface area contributed by atoms with Crippen molar-refractivity contribution in [3.63, 3.8) is 0 Å². The first-order valence-corrected chi connectivity index (χ1v) is 14.4. The number of amides is 4. The highest BCUT2D eigenvalue weighted by atomic mass is 16.5. The van der Waals surface area contributed by atoms with Gasteiger partial charge in [-0.05, 0) is 72.3 Å². The highest BCUT2D eigenvalue weighted by molar-refractivity contribution is 6.46. The summed E-state index contributed by atoms with van der Waals surface area (Å²) < 4.78 is 11.9. The van der Waals surface area contributed by atoms with Gasteiger partial charge in [0.05, 0.1) is 18.0 Å². The first-order valence-electron chi connectivity index (χ1n) is 14.4. The van der Waals surface area contributed by atoms with Crippen molar-refractivity contribution in [2.75, 3.05) is 16.4 Å². The molecule has 0 saturated carbocycles. The van der Waals surface area contributed by atoms with Gasteiger partial charge in [0.25, 0.3) is 11.8 Å². The molecule has 0 N–H and O–H groups in total. The number of carbonyl (C=O) groups excluding carboxylic acids is 3. The average Bonchev–Trinajstić information content (AvgIpc) is 3.03. The fraction of sp³-hybridized carbons (Fsp3) is 0.108. The zero-order valence-corrected chi connectivity index (χ0v) is 24.4. The van der Waals surface area contributed by atoms with Gasteiger partial charge in [0, 0.05) is 5.39 Å². The molecule has 1 fully saturated rings. The molecule has 1 heterocycles. The van der Waals surface area contributed by atoms with Crippen molar-refractivity contribution in [2.24, 2.45) is 0 Å². The minimum absolute atomic E-state index is 0.153. The van der Waals surface area contributed by atoms with Crippen LogP contribution in [0.5, 0.6) is 11.5 Å². The van der Waals surface area contributed by atoms with Crippen LogP contribution in [0.3, 0.4) is 0 Å². The molecule has 6 rings (SSSR count). The molecule has 0 atom stereocenters. The standard InChI is InChI=1S/C37H30N2O5/c1-3-43-34-23-27(19-20-33(34)44-24-26-12-5-4-6-13-26)22-31-35(40)38(29-16-9-11-25(2)21-29)37(42)39(36(31)41)32-18-10-15-28-14-7-8-17-30(28)32/h4-23H,3,24H2,1-2H3/b31-22+. The molecule has 1 aliphatic rings. The van der Waals surface area contributed by atoms with Crippen LogP contribution in [0.4, 0.5) is 16.2 Å². The number of rotatable bonds is 8. The molecule has 0 unspecified atom stereocenters. The van der Waals surface area contributed by atoms with Crippen molar-refractivity contribution in [3.8, 4) is 11.5 Å². The lowest BCUT2D eigenvalue weighted by atomic mass is 10.0. The summed E-state index contributed by atoms with van der Waals surface area (Å²) in [6.07, 6.45) is 1.50. The maximum absolute atomic E-state index is 14.1. The Labute approximate surface area is 255 Å². The van der Waals surface area contributed by atoms with Crippen molar-refractivity contribution < 1.29 is 23.9 Å². The second-order valence-corrected chi connectivity index (χ2v) is 10.4.